The zero-order chi connectivity index (χ0) is 44.3. The Morgan fingerprint density at radius 1 is 0.517 bits per heavy atom. The number of hydrogen-bond acceptors (Lipinski definition) is 7. The topological polar surface area (TPSA) is 108 Å². The van der Waals surface area contributed by atoms with Crippen molar-refractivity contribution in [2.45, 2.75) is 136 Å². The molecule has 10 heteroatoms. The van der Waals surface area contributed by atoms with Crippen molar-refractivity contribution in [3.05, 3.63) is 122 Å². The summed E-state index contributed by atoms with van der Waals surface area (Å²) in [5, 5.41) is 0. The van der Waals surface area contributed by atoms with Crippen molar-refractivity contribution in [2.24, 2.45) is 0 Å². The summed E-state index contributed by atoms with van der Waals surface area (Å²) in [5.74, 6) is -0.920. The summed E-state index contributed by atoms with van der Waals surface area (Å²) >= 11 is 0. The molecule has 0 fully saturated rings. The third-order valence-corrected chi connectivity index (χ3v) is 9.47. The monoisotopic (exact) mass is 855 g/mol. The molecule has 0 aromatic carbocycles. The number of nitrogens with zero attached hydrogens (tertiary/aromatic N) is 1. The van der Waals surface area contributed by atoms with Crippen LogP contribution in [0.5, 0.6) is 0 Å². The van der Waals surface area contributed by atoms with Crippen molar-refractivity contribution >= 4 is 19.8 Å². The molecular formula is C50H81NO8P+. The molecule has 60 heavy (non-hydrogen) atoms. The average molecular weight is 855 g/mol. The van der Waals surface area contributed by atoms with Gasteiger partial charge in [-0.1, -0.05) is 142 Å². The number of esters is 2. The lowest BCUT2D eigenvalue weighted by molar-refractivity contribution is -0.870. The zero-order valence-corrected chi connectivity index (χ0v) is 38.8. The smallest absolute Gasteiger partial charge is 0.462 e. The molecule has 9 nitrogen and oxygen atoms in total. The van der Waals surface area contributed by atoms with Gasteiger partial charge in [0.05, 0.1) is 27.7 Å². The molecule has 2 atom stereocenters. The van der Waals surface area contributed by atoms with Gasteiger partial charge in [-0.25, -0.2) is 4.57 Å². The first kappa shape index (κ1) is 56.4. The van der Waals surface area contributed by atoms with Crippen LogP contribution in [0.15, 0.2) is 122 Å². The fraction of sp³-hybridized carbons (Fsp3) is 0.560. The first-order valence-electron chi connectivity index (χ1n) is 22.3. The molecule has 1 unspecified atom stereocenters. The molecule has 0 rings (SSSR count). The number of carbonyl (C=O) groups excluding carboxylic acids is 2. The SMILES string of the molecule is CC/C=C/C/C=C/C/C=C/C/C=C/C/C=C/CCCCCC(=O)OC[C@H](COP(=O)(O)OCC[N+](C)(C)C)OC(=O)CCC/C=C/C/C=C/C/C=C/C/C=C/C/C=C/CC. The van der Waals surface area contributed by atoms with E-state index in [9.17, 15) is 19.0 Å². The standard InChI is InChI=1S/C50H80NO8P/c1-6-8-10-12-14-16-18-20-22-24-25-27-28-30-32-34-36-38-40-42-49(52)56-46-48(47-58-60(54,55)57-45-44-51(3,4)5)59-50(53)43-41-39-37-35-33-31-29-26-23-21-19-17-15-13-11-9-7-2/h8-11,14-17,20-23,25,27,29-32,35,37,48H,6-7,12-13,18-19,24,26,28,33-34,36,38-47H2,1-5H3/p+1/b10-8+,11-9+,16-14+,17-15+,22-20+,23-21+,27-25+,31-29+,32-30+,37-35+/t48-/m1/s1. The quantitative estimate of drug-likeness (QED) is 0.0215. The van der Waals surface area contributed by atoms with E-state index in [4.69, 9.17) is 18.5 Å². The molecule has 0 saturated carbocycles. The predicted molar refractivity (Wildman–Crippen MR) is 251 cm³/mol. The van der Waals surface area contributed by atoms with E-state index in [0.29, 0.717) is 30.3 Å². The van der Waals surface area contributed by atoms with Gasteiger partial charge in [0.1, 0.15) is 19.8 Å². The molecule has 0 spiro atoms. The van der Waals surface area contributed by atoms with Crippen LogP contribution in [-0.2, 0) is 32.7 Å². The van der Waals surface area contributed by atoms with Crippen LogP contribution in [-0.4, -0.2) is 74.9 Å². The van der Waals surface area contributed by atoms with Crippen LogP contribution < -0.4 is 0 Å². The largest absolute Gasteiger partial charge is 0.472 e. The molecule has 0 aliphatic carbocycles. The minimum atomic E-state index is -4.41. The maximum Gasteiger partial charge on any atom is 0.472 e. The van der Waals surface area contributed by atoms with Gasteiger partial charge in [0.25, 0.3) is 0 Å². The van der Waals surface area contributed by atoms with Gasteiger partial charge in [-0.05, 0) is 96.3 Å². The first-order valence-corrected chi connectivity index (χ1v) is 23.8. The molecule has 0 saturated heterocycles. The summed E-state index contributed by atoms with van der Waals surface area (Å²) in [7, 11) is 1.40. The van der Waals surface area contributed by atoms with E-state index in [1.165, 1.54) is 0 Å². The van der Waals surface area contributed by atoms with Crippen LogP contribution in [0.3, 0.4) is 0 Å². The summed E-state index contributed by atoms with van der Waals surface area (Å²) in [6, 6.07) is 0. The van der Waals surface area contributed by atoms with Crippen molar-refractivity contribution in [2.75, 3.05) is 47.5 Å². The number of phosphoric acid groups is 1. The molecular weight excluding hydrogens is 774 g/mol. The number of rotatable bonds is 38. The van der Waals surface area contributed by atoms with E-state index >= 15 is 0 Å². The zero-order valence-electron chi connectivity index (χ0n) is 37.9. The second kappa shape index (κ2) is 40.8. The Morgan fingerprint density at radius 3 is 1.35 bits per heavy atom. The fourth-order valence-corrected chi connectivity index (χ4v) is 5.81. The van der Waals surface area contributed by atoms with E-state index in [1.807, 2.05) is 27.2 Å². The van der Waals surface area contributed by atoms with E-state index in [-0.39, 0.29) is 26.1 Å². The Kier molecular flexibility index (Phi) is 38.4. The van der Waals surface area contributed by atoms with Gasteiger partial charge in [0.2, 0.25) is 0 Å². The highest BCUT2D eigenvalue weighted by Crippen LogP contribution is 2.43. The maximum atomic E-state index is 12.7. The van der Waals surface area contributed by atoms with E-state index < -0.39 is 32.5 Å². The third kappa shape index (κ3) is 44.0. The van der Waals surface area contributed by atoms with Crippen LogP contribution >= 0.6 is 7.82 Å². The lowest BCUT2D eigenvalue weighted by atomic mass is 10.1. The second-order valence-electron chi connectivity index (χ2n) is 15.3. The highest BCUT2D eigenvalue weighted by molar-refractivity contribution is 7.47. The van der Waals surface area contributed by atoms with Crippen LogP contribution in [0.2, 0.25) is 0 Å². The maximum absolute atomic E-state index is 12.7. The Balaban J connectivity index is 4.54. The predicted octanol–water partition coefficient (Wildman–Crippen LogP) is 12.9. The van der Waals surface area contributed by atoms with Gasteiger partial charge >= 0.3 is 19.8 Å². The van der Waals surface area contributed by atoms with Crippen molar-refractivity contribution in [1.82, 2.24) is 0 Å². The third-order valence-electron chi connectivity index (χ3n) is 8.49. The Bertz CT molecular complexity index is 1430. The summed E-state index contributed by atoms with van der Waals surface area (Å²) in [6.07, 6.45) is 56.9. The molecule has 0 aromatic rings. The van der Waals surface area contributed by atoms with Gasteiger partial charge in [-0.3, -0.25) is 18.6 Å². The second-order valence-corrected chi connectivity index (χ2v) is 16.8. The Morgan fingerprint density at radius 2 is 0.917 bits per heavy atom. The number of carbonyl (C=O) groups is 2. The van der Waals surface area contributed by atoms with Gasteiger partial charge in [-0.2, -0.15) is 0 Å². The minimum Gasteiger partial charge on any atom is -0.462 e. The number of allylic oxidation sites excluding steroid dienone is 20. The van der Waals surface area contributed by atoms with Gasteiger partial charge < -0.3 is 18.9 Å². The molecule has 0 aliphatic rings. The lowest BCUT2D eigenvalue weighted by Crippen LogP contribution is -2.37. The molecule has 0 heterocycles. The van der Waals surface area contributed by atoms with Gasteiger partial charge in [-0.15, -0.1) is 0 Å². The number of unbranched alkanes of at least 4 members (excludes halogenated alkanes) is 4. The van der Waals surface area contributed by atoms with E-state index in [1.54, 1.807) is 0 Å². The van der Waals surface area contributed by atoms with Crippen LogP contribution in [0.1, 0.15) is 129 Å². The van der Waals surface area contributed by atoms with Gasteiger partial charge in [0.15, 0.2) is 6.10 Å². The molecule has 0 bridgehead atoms. The summed E-state index contributed by atoms with van der Waals surface area (Å²) in [4.78, 5) is 35.4. The number of hydrogen-bond donors (Lipinski definition) is 1. The highest BCUT2D eigenvalue weighted by Gasteiger charge is 2.27. The molecule has 0 amide bonds. The number of phosphoric ester groups is 1. The Labute approximate surface area is 365 Å². The number of quaternary nitrogens is 1. The first-order chi connectivity index (χ1) is 29.0. The molecule has 1 N–H and O–H groups in total. The molecule has 0 radical (unpaired) electrons. The van der Waals surface area contributed by atoms with Crippen molar-refractivity contribution in [3.8, 4) is 0 Å². The number of likely N-dealkylation sites (N-methyl/N-ethyl adjacent to an activating group) is 1. The van der Waals surface area contributed by atoms with Crippen molar-refractivity contribution in [1.29, 1.82) is 0 Å². The summed E-state index contributed by atoms with van der Waals surface area (Å²) < 4.78 is 34.2. The van der Waals surface area contributed by atoms with Crippen LogP contribution in [0.4, 0.5) is 0 Å². The molecule has 0 aromatic heterocycles. The lowest BCUT2D eigenvalue weighted by Gasteiger charge is -2.24. The summed E-state index contributed by atoms with van der Waals surface area (Å²) in [6.45, 7) is 4.05. The Hall–Kier alpha value is -3.59. The normalized spacial score (nSPS) is 14.7. The van der Waals surface area contributed by atoms with Crippen LogP contribution in [0, 0.1) is 0 Å². The molecule has 0 aliphatic heterocycles. The summed E-state index contributed by atoms with van der Waals surface area (Å²) in [5.41, 5.74) is 0. The fourth-order valence-electron chi connectivity index (χ4n) is 5.07. The minimum absolute atomic E-state index is 0.00754. The van der Waals surface area contributed by atoms with Crippen LogP contribution in [0.25, 0.3) is 0 Å². The number of ether oxygens (including phenoxy) is 2. The van der Waals surface area contributed by atoms with Crippen molar-refractivity contribution < 1.29 is 42.1 Å². The van der Waals surface area contributed by atoms with E-state index in [0.717, 1.165) is 83.5 Å². The average Bonchev–Trinajstić information content (AvgIpc) is 3.20. The highest BCUT2D eigenvalue weighted by atomic mass is 31.2. The van der Waals surface area contributed by atoms with Gasteiger partial charge in [0, 0.05) is 12.8 Å². The molecule has 338 valence electrons. The van der Waals surface area contributed by atoms with E-state index in [2.05, 4.69) is 129 Å². The van der Waals surface area contributed by atoms with Crippen molar-refractivity contribution in [3.63, 3.8) is 0 Å².